The lowest BCUT2D eigenvalue weighted by molar-refractivity contribution is 0.309. The van der Waals surface area contributed by atoms with Gasteiger partial charge in [-0.15, -0.1) is 0 Å². The summed E-state index contributed by atoms with van der Waals surface area (Å²) in [5, 5.41) is 0. The van der Waals surface area contributed by atoms with Crippen LogP contribution in [-0.4, -0.2) is 6.61 Å². The van der Waals surface area contributed by atoms with Crippen molar-refractivity contribution in [3.63, 3.8) is 0 Å². The largest absolute Gasteiger partial charge is 0.494 e. The Morgan fingerprint density at radius 1 is 1.25 bits per heavy atom. The highest BCUT2D eigenvalue weighted by molar-refractivity contribution is 5.65. The predicted octanol–water partition coefficient (Wildman–Crippen LogP) is 4.53. The Bertz CT molecular complexity index is 322. The van der Waals surface area contributed by atoms with E-state index in [9.17, 15) is 0 Å². The summed E-state index contributed by atoms with van der Waals surface area (Å²) in [4.78, 5) is 0. The van der Waals surface area contributed by atoms with Crippen molar-refractivity contribution >= 4 is 5.57 Å². The minimum atomic E-state index is 0.492. The van der Waals surface area contributed by atoms with Crippen molar-refractivity contribution < 1.29 is 4.74 Å². The van der Waals surface area contributed by atoms with E-state index in [0.29, 0.717) is 5.92 Å². The van der Waals surface area contributed by atoms with Crippen LogP contribution in [0.5, 0.6) is 5.75 Å². The van der Waals surface area contributed by atoms with Crippen molar-refractivity contribution in [3.05, 3.63) is 36.4 Å². The first-order chi connectivity index (χ1) is 7.65. The van der Waals surface area contributed by atoms with Gasteiger partial charge in [-0.2, -0.15) is 0 Å². The van der Waals surface area contributed by atoms with E-state index in [0.717, 1.165) is 18.8 Å². The van der Waals surface area contributed by atoms with Crippen LogP contribution in [0, 0.1) is 5.92 Å². The monoisotopic (exact) mass is 218 g/mol. The number of unbranched alkanes of at least 4 members (excludes halogenated alkanes) is 1. The van der Waals surface area contributed by atoms with E-state index >= 15 is 0 Å². The summed E-state index contributed by atoms with van der Waals surface area (Å²) in [6.07, 6.45) is 2.28. The van der Waals surface area contributed by atoms with Crippen LogP contribution in [-0.2, 0) is 0 Å². The number of benzene rings is 1. The van der Waals surface area contributed by atoms with Crippen molar-refractivity contribution in [2.75, 3.05) is 6.61 Å². The third-order valence-electron chi connectivity index (χ3n) is 2.69. The van der Waals surface area contributed by atoms with Crippen molar-refractivity contribution in [3.8, 4) is 5.75 Å². The molecule has 0 N–H and O–H groups in total. The van der Waals surface area contributed by atoms with Gasteiger partial charge in [0.05, 0.1) is 6.61 Å². The molecule has 0 heterocycles. The fraction of sp³-hybridized carbons (Fsp3) is 0.467. The minimum absolute atomic E-state index is 0.492. The second-order valence-electron chi connectivity index (χ2n) is 4.41. The first kappa shape index (κ1) is 12.8. The zero-order chi connectivity index (χ0) is 12.0. The average Bonchev–Trinajstić information content (AvgIpc) is 2.29. The smallest absolute Gasteiger partial charge is 0.119 e. The van der Waals surface area contributed by atoms with E-state index in [1.807, 2.05) is 12.1 Å². The van der Waals surface area contributed by atoms with Gasteiger partial charge < -0.3 is 4.74 Å². The lowest BCUT2D eigenvalue weighted by Gasteiger charge is -2.11. The van der Waals surface area contributed by atoms with E-state index in [4.69, 9.17) is 4.74 Å². The van der Waals surface area contributed by atoms with Gasteiger partial charge in [-0.3, -0.25) is 0 Å². The lowest BCUT2D eigenvalue weighted by Crippen LogP contribution is -1.97. The van der Waals surface area contributed by atoms with Gasteiger partial charge in [0.1, 0.15) is 5.75 Å². The molecule has 0 aromatic heterocycles. The van der Waals surface area contributed by atoms with E-state index in [2.05, 4.69) is 39.5 Å². The minimum Gasteiger partial charge on any atom is -0.494 e. The zero-order valence-corrected chi connectivity index (χ0v) is 10.6. The number of allylic oxidation sites excluding steroid dienone is 1. The number of ether oxygens (including phenoxy) is 1. The second-order valence-corrected chi connectivity index (χ2v) is 4.41. The number of hydrogen-bond acceptors (Lipinski definition) is 1. The van der Waals surface area contributed by atoms with Gasteiger partial charge in [0.15, 0.2) is 0 Å². The Hall–Kier alpha value is -1.24. The maximum atomic E-state index is 5.61. The Morgan fingerprint density at radius 3 is 2.38 bits per heavy atom. The molecule has 0 saturated heterocycles. The summed E-state index contributed by atoms with van der Waals surface area (Å²) < 4.78 is 5.61. The summed E-state index contributed by atoms with van der Waals surface area (Å²) in [6, 6.07) is 8.23. The molecule has 0 aliphatic carbocycles. The first-order valence-electron chi connectivity index (χ1n) is 6.07. The molecule has 1 nitrogen and oxygen atoms in total. The van der Waals surface area contributed by atoms with Crippen molar-refractivity contribution in [1.82, 2.24) is 0 Å². The van der Waals surface area contributed by atoms with E-state index in [1.54, 1.807) is 0 Å². The van der Waals surface area contributed by atoms with Gasteiger partial charge in [-0.1, -0.05) is 45.9 Å². The summed E-state index contributed by atoms with van der Waals surface area (Å²) in [5.74, 6) is 1.45. The van der Waals surface area contributed by atoms with E-state index < -0.39 is 0 Å². The van der Waals surface area contributed by atoms with Crippen LogP contribution in [0.25, 0.3) is 5.57 Å². The standard InChI is InChI=1S/C15H22O/c1-5-6-11-16-15-9-7-14(8-10-15)13(4)12(2)3/h7-10,12H,4-6,11H2,1-3H3. The Kier molecular flexibility index (Phi) is 5.10. The fourth-order valence-electron chi connectivity index (χ4n) is 1.43. The number of rotatable bonds is 6. The molecule has 0 bridgehead atoms. The van der Waals surface area contributed by atoms with Gasteiger partial charge in [0.25, 0.3) is 0 Å². The molecule has 1 rings (SSSR count). The van der Waals surface area contributed by atoms with Crippen molar-refractivity contribution in [2.24, 2.45) is 5.92 Å². The van der Waals surface area contributed by atoms with Crippen molar-refractivity contribution in [2.45, 2.75) is 33.6 Å². The molecule has 0 amide bonds. The second kappa shape index (κ2) is 6.37. The van der Waals surface area contributed by atoms with Gasteiger partial charge >= 0.3 is 0 Å². The van der Waals surface area contributed by atoms with Gasteiger partial charge in [-0.25, -0.2) is 0 Å². The third-order valence-corrected chi connectivity index (χ3v) is 2.69. The highest BCUT2D eigenvalue weighted by Gasteiger charge is 2.03. The van der Waals surface area contributed by atoms with Crippen LogP contribution in [0.3, 0.4) is 0 Å². The molecule has 0 unspecified atom stereocenters. The van der Waals surface area contributed by atoms with Crippen LogP contribution in [0.1, 0.15) is 39.2 Å². The molecule has 0 fully saturated rings. The molecule has 0 atom stereocenters. The van der Waals surface area contributed by atoms with Crippen LogP contribution in [0.15, 0.2) is 30.8 Å². The predicted molar refractivity (Wildman–Crippen MR) is 70.7 cm³/mol. The fourth-order valence-corrected chi connectivity index (χ4v) is 1.43. The average molecular weight is 218 g/mol. The Morgan fingerprint density at radius 2 is 1.88 bits per heavy atom. The topological polar surface area (TPSA) is 9.23 Å². The van der Waals surface area contributed by atoms with Gasteiger partial charge in [0.2, 0.25) is 0 Å². The summed E-state index contributed by atoms with van der Waals surface area (Å²) in [7, 11) is 0. The molecule has 1 aromatic carbocycles. The zero-order valence-electron chi connectivity index (χ0n) is 10.6. The van der Waals surface area contributed by atoms with Crippen LogP contribution >= 0.6 is 0 Å². The molecule has 1 heteroatoms. The van der Waals surface area contributed by atoms with Gasteiger partial charge in [-0.05, 0) is 35.6 Å². The van der Waals surface area contributed by atoms with Crippen LogP contribution in [0.2, 0.25) is 0 Å². The van der Waals surface area contributed by atoms with Crippen molar-refractivity contribution in [1.29, 1.82) is 0 Å². The molecular formula is C15H22O. The lowest BCUT2D eigenvalue weighted by atomic mass is 9.97. The summed E-state index contributed by atoms with van der Waals surface area (Å²) >= 11 is 0. The maximum absolute atomic E-state index is 5.61. The molecule has 1 aromatic rings. The summed E-state index contributed by atoms with van der Waals surface area (Å²) in [6.45, 7) is 11.4. The molecule has 0 saturated carbocycles. The van der Waals surface area contributed by atoms with E-state index in [1.165, 1.54) is 17.6 Å². The quantitative estimate of drug-likeness (QED) is 0.637. The Balaban J connectivity index is 2.57. The highest BCUT2D eigenvalue weighted by atomic mass is 16.5. The molecule has 16 heavy (non-hydrogen) atoms. The molecule has 0 spiro atoms. The normalized spacial score (nSPS) is 10.5. The molecular weight excluding hydrogens is 196 g/mol. The van der Waals surface area contributed by atoms with E-state index in [-0.39, 0.29) is 0 Å². The van der Waals surface area contributed by atoms with Crippen LogP contribution < -0.4 is 4.74 Å². The SMILES string of the molecule is C=C(c1ccc(OCCCC)cc1)C(C)C. The molecule has 0 aliphatic rings. The van der Waals surface area contributed by atoms with Crippen LogP contribution in [0.4, 0.5) is 0 Å². The maximum Gasteiger partial charge on any atom is 0.119 e. The molecule has 0 radical (unpaired) electrons. The number of hydrogen-bond donors (Lipinski definition) is 0. The van der Waals surface area contributed by atoms with Gasteiger partial charge in [0, 0.05) is 0 Å². The summed E-state index contributed by atoms with van der Waals surface area (Å²) in [5.41, 5.74) is 2.39. The highest BCUT2D eigenvalue weighted by Crippen LogP contribution is 2.23. The first-order valence-corrected chi connectivity index (χ1v) is 6.07. The molecule has 0 aliphatic heterocycles. The third kappa shape index (κ3) is 3.73. The Labute approximate surface area is 99.1 Å². The molecule has 88 valence electrons.